The molecule has 2 N–H and O–H groups in total. The summed E-state index contributed by atoms with van der Waals surface area (Å²) in [5.74, 6) is -3.31. The van der Waals surface area contributed by atoms with Crippen molar-refractivity contribution in [1.82, 2.24) is 4.90 Å². The van der Waals surface area contributed by atoms with Crippen LogP contribution in [0.15, 0.2) is 30.3 Å². The third kappa shape index (κ3) is 3.01. The van der Waals surface area contributed by atoms with Gasteiger partial charge >= 0.3 is 0 Å². The van der Waals surface area contributed by atoms with Crippen molar-refractivity contribution in [1.29, 1.82) is 0 Å². The van der Waals surface area contributed by atoms with Crippen LogP contribution < -0.4 is 5.73 Å². The monoisotopic (exact) mass is 240 g/mol. The number of likely N-dealkylation sites (tertiary alicyclic amines) is 1. The van der Waals surface area contributed by atoms with E-state index in [0.717, 1.165) is 5.56 Å². The van der Waals surface area contributed by atoms with E-state index in [1.807, 2.05) is 35.2 Å². The van der Waals surface area contributed by atoms with Crippen LogP contribution in [0.4, 0.5) is 8.78 Å². The molecule has 1 aliphatic rings. The summed E-state index contributed by atoms with van der Waals surface area (Å²) < 4.78 is 27.4. The number of halogens is 2. The summed E-state index contributed by atoms with van der Waals surface area (Å²) in [6.07, 6.45) is 0.482. The number of benzene rings is 1. The largest absolute Gasteiger partial charge is 0.330 e. The fraction of sp³-hybridized carbons (Fsp3) is 0.538. The van der Waals surface area contributed by atoms with Gasteiger partial charge in [0.1, 0.15) is 0 Å². The van der Waals surface area contributed by atoms with Gasteiger partial charge in [-0.05, 0) is 18.5 Å². The Labute approximate surface area is 100 Å². The first-order valence-corrected chi connectivity index (χ1v) is 5.96. The third-order valence-electron chi connectivity index (χ3n) is 3.36. The minimum atomic E-state index is -2.65. The molecule has 0 saturated carbocycles. The van der Waals surface area contributed by atoms with E-state index >= 15 is 0 Å². The molecule has 2 rings (SSSR count). The summed E-state index contributed by atoms with van der Waals surface area (Å²) in [7, 11) is 0. The second kappa shape index (κ2) is 5.10. The van der Waals surface area contributed by atoms with Crippen LogP contribution in [0.5, 0.6) is 0 Å². The van der Waals surface area contributed by atoms with E-state index in [2.05, 4.69) is 0 Å². The van der Waals surface area contributed by atoms with Crippen molar-refractivity contribution in [2.24, 2.45) is 11.7 Å². The van der Waals surface area contributed by atoms with Gasteiger partial charge in [-0.2, -0.15) is 0 Å². The fourth-order valence-electron chi connectivity index (χ4n) is 2.32. The van der Waals surface area contributed by atoms with E-state index in [4.69, 9.17) is 5.73 Å². The Hall–Kier alpha value is -1.00. The van der Waals surface area contributed by atoms with Crippen molar-refractivity contribution >= 4 is 0 Å². The van der Waals surface area contributed by atoms with E-state index in [-0.39, 0.29) is 13.1 Å². The summed E-state index contributed by atoms with van der Waals surface area (Å²) >= 11 is 0. The predicted molar refractivity (Wildman–Crippen MR) is 63.8 cm³/mol. The molecule has 1 aliphatic heterocycles. The van der Waals surface area contributed by atoms with Crippen molar-refractivity contribution in [3.8, 4) is 0 Å². The number of nitrogens with two attached hydrogens (primary N) is 1. The Balaban J connectivity index is 1.97. The van der Waals surface area contributed by atoms with Crippen LogP contribution in [0, 0.1) is 5.92 Å². The Morgan fingerprint density at radius 2 is 2.00 bits per heavy atom. The van der Waals surface area contributed by atoms with Gasteiger partial charge in [0, 0.05) is 19.0 Å². The molecule has 0 aliphatic carbocycles. The third-order valence-corrected chi connectivity index (χ3v) is 3.36. The molecule has 0 spiro atoms. The Morgan fingerprint density at radius 1 is 1.29 bits per heavy atom. The van der Waals surface area contributed by atoms with E-state index in [0.29, 0.717) is 19.5 Å². The van der Waals surface area contributed by atoms with Crippen molar-refractivity contribution in [3.05, 3.63) is 35.9 Å². The van der Waals surface area contributed by atoms with E-state index in [1.165, 1.54) is 0 Å². The molecule has 1 heterocycles. The van der Waals surface area contributed by atoms with Gasteiger partial charge in [-0.3, -0.25) is 4.90 Å². The number of alkyl halides is 2. The molecule has 1 unspecified atom stereocenters. The van der Waals surface area contributed by atoms with Crippen LogP contribution in [0.3, 0.4) is 0 Å². The minimum absolute atomic E-state index is 0.0756. The molecule has 0 bridgehead atoms. The Kier molecular flexibility index (Phi) is 3.74. The zero-order valence-corrected chi connectivity index (χ0v) is 9.78. The summed E-state index contributed by atoms with van der Waals surface area (Å²) in [6.45, 7) is 1.19. The van der Waals surface area contributed by atoms with Gasteiger partial charge in [0.15, 0.2) is 0 Å². The first kappa shape index (κ1) is 12.5. The van der Waals surface area contributed by atoms with Crippen molar-refractivity contribution in [2.75, 3.05) is 19.6 Å². The SMILES string of the molecule is NCC1CCN(Cc2ccccc2)CC1(F)F. The highest BCUT2D eigenvalue weighted by atomic mass is 19.3. The standard InChI is InChI=1S/C13H18F2N2/c14-13(15)10-17(7-6-12(13)8-16)9-11-4-2-1-3-5-11/h1-5,12H,6-10,16H2. The predicted octanol–water partition coefficient (Wildman–Crippen LogP) is 2.10. The maximum absolute atomic E-state index is 13.7. The van der Waals surface area contributed by atoms with Crippen molar-refractivity contribution in [3.63, 3.8) is 0 Å². The molecule has 17 heavy (non-hydrogen) atoms. The number of piperidine rings is 1. The molecule has 94 valence electrons. The smallest absolute Gasteiger partial charge is 0.264 e. The molecule has 0 amide bonds. The van der Waals surface area contributed by atoms with Gasteiger partial charge in [0.25, 0.3) is 5.92 Å². The van der Waals surface area contributed by atoms with Gasteiger partial charge in [-0.25, -0.2) is 8.78 Å². The van der Waals surface area contributed by atoms with Crippen LogP contribution in [0.25, 0.3) is 0 Å². The van der Waals surface area contributed by atoms with Gasteiger partial charge in [0.05, 0.1) is 6.54 Å². The summed E-state index contributed by atoms with van der Waals surface area (Å²) in [6, 6.07) is 9.72. The molecule has 4 heteroatoms. The van der Waals surface area contributed by atoms with Gasteiger partial charge in [-0.1, -0.05) is 30.3 Å². The van der Waals surface area contributed by atoms with Gasteiger partial charge < -0.3 is 5.73 Å². The highest BCUT2D eigenvalue weighted by Gasteiger charge is 2.43. The lowest BCUT2D eigenvalue weighted by atomic mass is 9.92. The second-order valence-corrected chi connectivity index (χ2v) is 4.68. The lowest BCUT2D eigenvalue weighted by Crippen LogP contribution is -2.50. The van der Waals surface area contributed by atoms with Gasteiger partial charge in [0.2, 0.25) is 0 Å². The zero-order valence-electron chi connectivity index (χ0n) is 9.78. The zero-order chi connectivity index (χ0) is 12.3. The van der Waals surface area contributed by atoms with Crippen molar-refractivity contribution < 1.29 is 8.78 Å². The molecule has 1 fully saturated rings. The fourth-order valence-corrected chi connectivity index (χ4v) is 2.32. The molecular formula is C13H18F2N2. The number of rotatable bonds is 3. The molecule has 1 aromatic carbocycles. The van der Waals surface area contributed by atoms with Crippen molar-refractivity contribution in [2.45, 2.75) is 18.9 Å². The average molecular weight is 240 g/mol. The lowest BCUT2D eigenvalue weighted by Gasteiger charge is -2.37. The molecule has 0 aromatic heterocycles. The topological polar surface area (TPSA) is 29.3 Å². The summed E-state index contributed by atoms with van der Waals surface area (Å²) in [4.78, 5) is 1.81. The first-order chi connectivity index (χ1) is 8.12. The quantitative estimate of drug-likeness (QED) is 0.876. The molecule has 2 nitrogen and oxygen atoms in total. The second-order valence-electron chi connectivity index (χ2n) is 4.68. The van der Waals surface area contributed by atoms with E-state index in [9.17, 15) is 8.78 Å². The van der Waals surface area contributed by atoms with Crippen LogP contribution in [-0.2, 0) is 6.54 Å². The highest BCUT2D eigenvalue weighted by molar-refractivity contribution is 5.14. The molecular weight excluding hydrogens is 222 g/mol. The number of hydrogen-bond acceptors (Lipinski definition) is 2. The maximum Gasteiger partial charge on any atom is 0.264 e. The first-order valence-electron chi connectivity index (χ1n) is 5.96. The molecule has 1 atom stereocenters. The lowest BCUT2D eigenvalue weighted by molar-refractivity contribution is -0.109. The summed E-state index contributed by atoms with van der Waals surface area (Å²) in [5.41, 5.74) is 6.46. The van der Waals surface area contributed by atoms with E-state index < -0.39 is 11.8 Å². The normalized spacial score (nSPS) is 24.8. The molecule has 1 saturated heterocycles. The van der Waals surface area contributed by atoms with Crippen LogP contribution in [0.1, 0.15) is 12.0 Å². The Bertz CT molecular complexity index is 354. The van der Waals surface area contributed by atoms with Crippen LogP contribution in [-0.4, -0.2) is 30.5 Å². The number of hydrogen-bond donors (Lipinski definition) is 1. The van der Waals surface area contributed by atoms with Gasteiger partial charge in [-0.15, -0.1) is 0 Å². The maximum atomic E-state index is 13.7. The minimum Gasteiger partial charge on any atom is -0.330 e. The van der Waals surface area contributed by atoms with Crippen LogP contribution >= 0.6 is 0 Å². The molecule has 1 aromatic rings. The van der Waals surface area contributed by atoms with E-state index in [1.54, 1.807) is 0 Å². The molecule has 0 radical (unpaired) electrons. The van der Waals surface area contributed by atoms with Crippen LogP contribution in [0.2, 0.25) is 0 Å². The Morgan fingerprint density at radius 3 is 2.59 bits per heavy atom. The average Bonchev–Trinajstić information content (AvgIpc) is 2.29. The number of nitrogens with zero attached hydrogens (tertiary/aromatic N) is 1. The highest BCUT2D eigenvalue weighted by Crippen LogP contribution is 2.32. The summed E-state index contributed by atoms with van der Waals surface area (Å²) in [5, 5.41) is 0.